The fourth-order valence-electron chi connectivity index (χ4n) is 21.0. The van der Waals surface area contributed by atoms with Gasteiger partial charge < -0.3 is 0 Å². The zero-order valence-electron chi connectivity index (χ0n) is 22.4. The molecule has 38 heavy (non-hydrogen) atoms. The van der Waals surface area contributed by atoms with Crippen LogP contribution >= 0.6 is 11.8 Å². The molecular weight excluding hydrogens is 528 g/mol. The number of aliphatic carboxylic acids is 1. The standard InChI is InChI=1S/C29H35O2S.C5H5.Fe/c1-2-3-4-5-6-8-13-24-18-20-27(21-19-24)29(26-16-11-12-17-26,32-23-22-28(30)31)25-14-9-7-10-15-25;1-2-4-5-3-1;/h7,9-12,14-21H,2-6,8,13,22-23H2,1H3,(H,30,31);1-5H;. The van der Waals surface area contributed by atoms with Gasteiger partial charge in [-0.3, -0.25) is 0 Å². The number of unbranched alkanes of at least 4 members (excludes halogenated alkanes) is 5. The molecule has 1 spiro atoms. The van der Waals surface area contributed by atoms with Crippen molar-refractivity contribution in [2.45, 2.75) is 111 Å². The van der Waals surface area contributed by atoms with Crippen LogP contribution in [0.15, 0.2) is 54.6 Å². The second kappa shape index (κ2) is 3.34. The van der Waals surface area contributed by atoms with E-state index in [1.165, 1.54) is 89.8 Å². The maximum absolute atomic E-state index is 11.8. The summed E-state index contributed by atoms with van der Waals surface area (Å²) in [5.74, 6) is 0.0982. The van der Waals surface area contributed by atoms with E-state index in [4.69, 9.17) is 0 Å². The van der Waals surface area contributed by atoms with Crippen molar-refractivity contribution >= 4 is 17.7 Å². The predicted octanol–water partition coefficient (Wildman–Crippen LogP) is 9.80. The molecule has 2 nitrogen and oxygen atoms in total. The third-order valence-corrected chi connectivity index (χ3v) is 64.5. The first kappa shape index (κ1) is 20.6. The van der Waals surface area contributed by atoms with E-state index < -0.39 is 12.5 Å². The van der Waals surface area contributed by atoms with Gasteiger partial charge in [0.1, 0.15) is 0 Å². The molecule has 10 aliphatic heterocycles. The van der Waals surface area contributed by atoms with E-state index in [9.17, 15) is 9.90 Å². The Morgan fingerprint density at radius 2 is 1.39 bits per heavy atom. The molecule has 10 heterocycles. The number of carbonyl (C=O) groups is 1. The van der Waals surface area contributed by atoms with Crippen molar-refractivity contribution in [2.75, 3.05) is 5.75 Å². The Morgan fingerprint density at radius 1 is 0.816 bits per heavy atom. The molecule has 2 aromatic rings. The van der Waals surface area contributed by atoms with Gasteiger partial charge in [0.15, 0.2) is 0 Å². The van der Waals surface area contributed by atoms with E-state index in [1.807, 2.05) is 0 Å². The number of rotatable bonds is 14. The summed E-state index contributed by atoms with van der Waals surface area (Å²) >= 11 is 2.09. The van der Waals surface area contributed by atoms with Crippen molar-refractivity contribution in [3.63, 3.8) is 0 Å². The van der Waals surface area contributed by atoms with E-state index in [2.05, 4.69) is 73.3 Å². The van der Waals surface area contributed by atoms with Crippen LogP contribution < -0.4 is 0 Å². The number of carboxylic acids is 1. The second-order valence-corrected chi connectivity index (χ2v) is 41.8. The monoisotopic (exact) mass is 568 g/mol. The van der Waals surface area contributed by atoms with Crippen LogP contribution in [0.3, 0.4) is 0 Å². The van der Waals surface area contributed by atoms with Crippen molar-refractivity contribution in [3.05, 3.63) is 71.3 Å². The quantitative estimate of drug-likeness (QED) is 0.182. The molecule has 5 unspecified atom stereocenters. The average molecular weight is 569 g/mol. The Labute approximate surface area is 221 Å². The number of hydrogen-bond donors (Lipinski definition) is 1. The zero-order valence-corrected chi connectivity index (χ0v) is 24.3. The zero-order chi connectivity index (χ0) is 25.3. The molecule has 12 rings (SSSR count). The number of benzene rings is 2. The number of aryl methyl sites for hydroxylation is 1. The molecule has 0 radical (unpaired) electrons. The molecule has 4 heteroatoms. The van der Waals surface area contributed by atoms with Crippen molar-refractivity contribution in [2.24, 2.45) is 0 Å². The van der Waals surface area contributed by atoms with Gasteiger partial charge in [0.2, 0.25) is 0 Å². The molecule has 10 fully saturated rings. The van der Waals surface area contributed by atoms with Gasteiger partial charge in [0.05, 0.1) is 0 Å². The number of carboxylic acid groups (broad SMARTS) is 1. The number of thioether (sulfide) groups is 1. The summed E-state index contributed by atoms with van der Waals surface area (Å²) in [4.78, 5) is 22.9. The molecule has 202 valence electrons. The van der Waals surface area contributed by atoms with Gasteiger partial charge in [-0.15, -0.1) is 0 Å². The molecule has 10 aliphatic rings. The van der Waals surface area contributed by atoms with Crippen LogP contribution in [-0.4, -0.2) is 16.8 Å². The molecular formula is C34H40FeO2S. The minimum atomic E-state index is -3.55. The van der Waals surface area contributed by atoms with E-state index in [0.29, 0.717) is 4.31 Å². The van der Waals surface area contributed by atoms with Crippen LogP contribution in [0.4, 0.5) is 0 Å². The van der Waals surface area contributed by atoms with Gasteiger partial charge in [-0.25, -0.2) is 0 Å². The van der Waals surface area contributed by atoms with E-state index >= 15 is 0 Å². The van der Waals surface area contributed by atoms with Crippen LogP contribution in [0.5, 0.6) is 0 Å². The molecule has 2 aromatic carbocycles. The molecule has 10 saturated heterocycles. The third-order valence-electron chi connectivity index (χ3n) is 20.2. The van der Waals surface area contributed by atoms with Gasteiger partial charge in [-0.2, -0.15) is 0 Å². The molecule has 0 aliphatic carbocycles. The van der Waals surface area contributed by atoms with Gasteiger partial charge >= 0.3 is 209 Å². The van der Waals surface area contributed by atoms with Crippen molar-refractivity contribution in [1.29, 1.82) is 0 Å². The Hall–Kier alpha value is -1.22. The van der Waals surface area contributed by atoms with Crippen LogP contribution in [0.2, 0.25) is 47.7 Å². The molecule has 0 amide bonds. The van der Waals surface area contributed by atoms with Crippen LogP contribution in [0.1, 0.15) is 68.6 Å². The van der Waals surface area contributed by atoms with Crippen LogP contribution in [0, 0.1) is 0 Å². The first-order valence-corrected chi connectivity index (χ1v) is 22.8. The molecule has 0 saturated carbocycles. The van der Waals surface area contributed by atoms with Gasteiger partial charge in [-0.05, 0) is 0 Å². The number of fused-ring (bicyclic) bond motifs is 10. The maximum atomic E-state index is 11.8. The van der Waals surface area contributed by atoms with Gasteiger partial charge in [0, 0.05) is 0 Å². The Morgan fingerprint density at radius 3 is 1.92 bits per heavy atom. The Kier molecular flexibility index (Phi) is 1.81. The SMILES string of the molecule is CCCCCCCCc1ccc(C(SCCC(=O)O)(c2ccccc2)[C]23[CH]4[CH]5[CH]6[CH]2[Fe]56432789[CH]3[CH]2[CH]7[CH]8[CH]39)cc1. The summed E-state index contributed by atoms with van der Waals surface area (Å²) < 4.78 is 0.606. The van der Waals surface area contributed by atoms with Crippen LogP contribution in [-0.2, 0) is 22.5 Å². The summed E-state index contributed by atoms with van der Waals surface area (Å²) in [7, 11) is 0. The fraction of sp³-hybridized carbons (Fsp3) is 0.618. The molecule has 0 bridgehead atoms. The summed E-state index contributed by atoms with van der Waals surface area (Å²) in [5.41, 5.74) is 4.55. The van der Waals surface area contributed by atoms with Crippen molar-refractivity contribution in [1.82, 2.24) is 0 Å². The summed E-state index contributed by atoms with van der Waals surface area (Å²) in [6.45, 7) is -1.26. The minimum absolute atomic E-state index is 0.00260. The van der Waals surface area contributed by atoms with Crippen molar-refractivity contribution < 1.29 is 16.4 Å². The van der Waals surface area contributed by atoms with Gasteiger partial charge in [0.25, 0.3) is 0 Å². The summed E-state index contributed by atoms with van der Waals surface area (Å²) in [5, 5.41) is 9.68. The molecule has 1 N–H and O–H groups in total. The Balaban J connectivity index is 0.984. The normalized spacial score (nSPS) is 61.3. The third kappa shape index (κ3) is 0.562. The number of hydrogen-bond acceptors (Lipinski definition) is 2. The average Bonchev–Trinajstić information content (AvgIpc) is 3.88. The molecule has 0 aromatic heterocycles. The van der Waals surface area contributed by atoms with Crippen molar-refractivity contribution in [3.8, 4) is 0 Å². The van der Waals surface area contributed by atoms with Crippen LogP contribution in [0.25, 0.3) is 0 Å². The summed E-state index contributed by atoms with van der Waals surface area (Å²) in [6.07, 6.45) is 9.57. The summed E-state index contributed by atoms with van der Waals surface area (Å²) in [6, 6.07) is 21.5. The fourth-order valence-corrected chi connectivity index (χ4v) is 99.5. The second-order valence-electron chi connectivity index (χ2n) is 16.9. The van der Waals surface area contributed by atoms with Gasteiger partial charge in [-0.1, -0.05) is 13.3 Å². The van der Waals surface area contributed by atoms with E-state index in [0.717, 1.165) is 15.4 Å². The predicted molar refractivity (Wildman–Crippen MR) is 152 cm³/mol. The van der Waals surface area contributed by atoms with E-state index in [-0.39, 0.29) is 11.2 Å². The topological polar surface area (TPSA) is 37.3 Å². The molecule has 5 atom stereocenters. The Bertz CT molecular complexity index is 1730. The first-order valence-electron chi connectivity index (χ1n) is 15.6. The van der Waals surface area contributed by atoms with E-state index in [1.54, 1.807) is 5.56 Å². The first-order chi connectivity index (χ1) is 18.4.